The molecule has 0 spiro atoms. The number of hydrogen-bond acceptors (Lipinski definition) is 4. The molecule has 0 amide bonds. The molecule has 0 saturated heterocycles. The Hall–Kier alpha value is -4.68. The maximum absolute atomic E-state index is 11.3. The molecular weight excluding hydrogens is 577 g/mol. The highest BCUT2D eigenvalue weighted by molar-refractivity contribution is 7.10. The van der Waals surface area contributed by atoms with E-state index >= 15 is 0 Å². The van der Waals surface area contributed by atoms with Crippen molar-refractivity contribution in [2.75, 3.05) is 0 Å². The van der Waals surface area contributed by atoms with Crippen LogP contribution >= 0.6 is 22.7 Å². The Morgan fingerprint density at radius 3 is 0.955 bits per heavy atom. The molecule has 4 aromatic carbocycles. The molecule has 0 unspecified atom stereocenters. The van der Waals surface area contributed by atoms with E-state index in [-0.39, 0.29) is 0 Å². The molecule has 0 atom stereocenters. The molecule has 44 heavy (non-hydrogen) atoms. The first-order chi connectivity index (χ1) is 21.6. The molecule has 0 aliphatic rings. The lowest BCUT2D eigenvalue weighted by Gasteiger charge is -2.27. The molecule has 0 radical (unpaired) electrons. The fourth-order valence-corrected chi connectivity index (χ4v) is 6.00. The molecule has 216 valence electrons. The first-order valence-corrected chi connectivity index (χ1v) is 16.1. The second-order valence-corrected chi connectivity index (χ2v) is 12.0. The van der Waals surface area contributed by atoms with Gasteiger partial charge >= 0.3 is 0 Å². The van der Waals surface area contributed by atoms with E-state index in [9.17, 15) is 10.2 Å². The molecule has 4 heteroatoms. The zero-order valence-corrected chi connectivity index (χ0v) is 25.8. The van der Waals surface area contributed by atoms with Crippen LogP contribution in [0.4, 0.5) is 0 Å². The number of aliphatic hydroxyl groups is 2. The van der Waals surface area contributed by atoms with Gasteiger partial charge in [-0.15, -0.1) is 22.7 Å². The molecule has 0 aliphatic carbocycles. The van der Waals surface area contributed by atoms with E-state index in [1.165, 1.54) is 0 Å². The van der Waals surface area contributed by atoms with Crippen molar-refractivity contribution in [3.05, 3.63) is 188 Å². The van der Waals surface area contributed by atoms with Gasteiger partial charge in [-0.05, 0) is 45.1 Å². The third-order valence-electron chi connectivity index (χ3n) is 7.16. The molecule has 0 fully saturated rings. The lowest BCUT2D eigenvalue weighted by molar-refractivity contribution is 0.0861. The Morgan fingerprint density at radius 1 is 0.409 bits per heavy atom. The van der Waals surface area contributed by atoms with E-state index < -0.39 is 11.2 Å². The minimum atomic E-state index is -1.09. The van der Waals surface area contributed by atoms with E-state index in [0.717, 1.165) is 32.0 Å². The Bertz CT molecular complexity index is 1590. The number of hydrogen-bond donors (Lipinski definition) is 2. The number of benzene rings is 4. The highest BCUT2D eigenvalue weighted by Crippen LogP contribution is 2.33. The van der Waals surface area contributed by atoms with Crippen LogP contribution in [0.25, 0.3) is 0 Å². The minimum absolute atomic E-state index is 0.360. The van der Waals surface area contributed by atoms with Crippen LogP contribution < -0.4 is 0 Å². The summed E-state index contributed by atoms with van der Waals surface area (Å²) >= 11 is 3.22. The predicted molar refractivity (Wildman–Crippen MR) is 183 cm³/mol. The summed E-state index contributed by atoms with van der Waals surface area (Å²) < 4.78 is 0. The van der Waals surface area contributed by atoms with Crippen molar-refractivity contribution in [3.8, 4) is 23.7 Å². The van der Waals surface area contributed by atoms with E-state index in [2.05, 4.69) is 23.7 Å². The number of rotatable bonds is 6. The van der Waals surface area contributed by atoms with Crippen molar-refractivity contribution in [2.45, 2.75) is 24.0 Å². The molecule has 2 aromatic heterocycles. The van der Waals surface area contributed by atoms with Crippen molar-refractivity contribution in [1.82, 2.24) is 0 Å². The maximum Gasteiger partial charge on any atom is 0.125 e. The van der Waals surface area contributed by atoms with E-state index in [1.807, 2.05) is 156 Å². The van der Waals surface area contributed by atoms with Gasteiger partial charge in [0, 0.05) is 12.8 Å². The molecule has 0 bridgehead atoms. The molecule has 6 rings (SSSR count). The van der Waals surface area contributed by atoms with Gasteiger partial charge in [0.1, 0.15) is 11.2 Å². The molecule has 2 N–H and O–H groups in total. The molecule has 2 heterocycles. The molecule has 2 nitrogen and oxygen atoms in total. The maximum atomic E-state index is 11.3. The third kappa shape index (κ3) is 7.82. The van der Waals surface area contributed by atoms with Crippen LogP contribution in [0.1, 0.15) is 44.8 Å². The Morgan fingerprint density at radius 2 is 0.705 bits per heavy atom. The summed E-state index contributed by atoms with van der Waals surface area (Å²) in [6.45, 7) is 0. The van der Waals surface area contributed by atoms with Crippen molar-refractivity contribution < 1.29 is 10.2 Å². The summed E-state index contributed by atoms with van der Waals surface area (Å²) in [5.74, 6) is 12.5. The predicted octanol–water partition coefficient (Wildman–Crippen LogP) is 8.85. The van der Waals surface area contributed by atoms with E-state index in [0.29, 0.717) is 12.8 Å². The van der Waals surface area contributed by atoms with Gasteiger partial charge in [0.25, 0.3) is 0 Å². The zero-order valence-electron chi connectivity index (χ0n) is 24.1. The monoisotopic (exact) mass is 608 g/mol. The fraction of sp³-hybridized carbons (Fsp3) is 0.100. The molecular formula is C40H32O2S2. The topological polar surface area (TPSA) is 40.5 Å². The first kappa shape index (κ1) is 30.8. The van der Waals surface area contributed by atoms with Gasteiger partial charge in [-0.1, -0.05) is 157 Å². The van der Waals surface area contributed by atoms with Crippen LogP contribution in [0.15, 0.2) is 156 Å². The summed E-state index contributed by atoms with van der Waals surface area (Å²) in [6.07, 6.45) is 0.720. The summed E-state index contributed by atoms with van der Waals surface area (Å²) in [7, 11) is 0. The first-order valence-electron chi connectivity index (χ1n) is 14.3. The standard InChI is InChI=1S/2C20H16OS/c2*21-20(17-9-3-1-4-10-17,18-11-5-2-6-12-18)15-7-13-19-14-8-16-22-19/h2*1-6,8-12,14,16,21H,15H2. The Kier molecular flexibility index (Phi) is 10.6. The van der Waals surface area contributed by atoms with Gasteiger partial charge in [0.2, 0.25) is 0 Å². The van der Waals surface area contributed by atoms with Gasteiger partial charge in [0.15, 0.2) is 0 Å². The van der Waals surface area contributed by atoms with Gasteiger partial charge in [0.05, 0.1) is 9.75 Å². The molecule has 6 aromatic rings. The zero-order chi connectivity index (χ0) is 30.5. The summed E-state index contributed by atoms with van der Waals surface area (Å²) in [5, 5.41) is 26.6. The fourth-order valence-electron chi connectivity index (χ4n) is 4.81. The quantitative estimate of drug-likeness (QED) is 0.186. The normalized spacial score (nSPS) is 10.8. The van der Waals surface area contributed by atoms with Crippen LogP contribution in [-0.2, 0) is 11.2 Å². The van der Waals surface area contributed by atoms with E-state index in [4.69, 9.17) is 0 Å². The SMILES string of the molecule is OC(CC#Cc1cccs1)(c1ccccc1)c1ccccc1.OC(CC#Cc1cccs1)(c1ccccc1)c1ccccc1. The van der Waals surface area contributed by atoms with Gasteiger partial charge in [-0.25, -0.2) is 0 Å². The smallest absolute Gasteiger partial charge is 0.125 e. The van der Waals surface area contributed by atoms with E-state index in [1.54, 1.807) is 22.7 Å². The lowest BCUT2D eigenvalue weighted by atomic mass is 9.84. The molecule has 0 saturated carbocycles. The van der Waals surface area contributed by atoms with Crippen molar-refractivity contribution in [1.29, 1.82) is 0 Å². The van der Waals surface area contributed by atoms with Crippen molar-refractivity contribution in [2.24, 2.45) is 0 Å². The summed E-state index contributed by atoms with van der Waals surface area (Å²) in [5.41, 5.74) is 1.27. The summed E-state index contributed by atoms with van der Waals surface area (Å²) in [6, 6.07) is 46.8. The summed E-state index contributed by atoms with van der Waals surface area (Å²) in [4.78, 5) is 2.03. The highest BCUT2D eigenvalue weighted by atomic mass is 32.1. The van der Waals surface area contributed by atoms with Gasteiger partial charge in [-0.3, -0.25) is 0 Å². The largest absolute Gasteiger partial charge is 0.379 e. The Balaban J connectivity index is 0.000000175. The molecule has 0 aliphatic heterocycles. The minimum Gasteiger partial charge on any atom is -0.379 e. The second-order valence-electron chi connectivity index (χ2n) is 10.1. The Labute approximate surface area is 268 Å². The van der Waals surface area contributed by atoms with Crippen molar-refractivity contribution >= 4 is 22.7 Å². The average molecular weight is 609 g/mol. The van der Waals surface area contributed by atoms with Crippen molar-refractivity contribution in [3.63, 3.8) is 0 Å². The van der Waals surface area contributed by atoms with Crippen LogP contribution in [0.2, 0.25) is 0 Å². The van der Waals surface area contributed by atoms with Gasteiger partial charge < -0.3 is 10.2 Å². The second kappa shape index (κ2) is 15.2. The third-order valence-corrected chi connectivity index (χ3v) is 8.73. The van der Waals surface area contributed by atoms with Crippen LogP contribution in [-0.4, -0.2) is 10.2 Å². The van der Waals surface area contributed by atoms with Gasteiger partial charge in [-0.2, -0.15) is 0 Å². The highest BCUT2D eigenvalue weighted by Gasteiger charge is 2.31. The van der Waals surface area contributed by atoms with Crippen LogP contribution in [0.3, 0.4) is 0 Å². The average Bonchev–Trinajstić information content (AvgIpc) is 3.82. The number of thiophene rings is 2. The van der Waals surface area contributed by atoms with Crippen LogP contribution in [0.5, 0.6) is 0 Å². The lowest BCUT2D eigenvalue weighted by Crippen LogP contribution is -2.26. The van der Waals surface area contributed by atoms with Crippen LogP contribution in [0, 0.1) is 23.7 Å².